The van der Waals surface area contributed by atoms with Crippen LogP contribution in [0.1, 0.15) is 27.9 Å². The summed E-state index contributed by atoms with van der Waals surface area (Å²) in [6.07, 6.45) is 6.31. The first-order chi connectivity index (χ1) is 12.7. The number of nitrogens with one attached hydrogen (secondary N) is 1. The van der Waals surface area contributed by atoms with Gasteiger partial charge in [-0.15, -0.1) is 0 Å². The molecule has 0 bridgehead atoms. The van der Waals surface area contributed by atoms with Crippen LogP contribution >= 0.6 is 0 Å². The highest BCUT2D eigenvalue weighted by Crippen LogP contribution is 2.31. The van der Waals surface area contributed by atoms with Crippen LogP contribution in [0.25, 0.3) is 10.9 Å². The Morgan fingerprint density at radius 1 is 1.27 bits per heavy atom. The Morgan fingerprint density at radius 3 is 2.88 bits per heavy atom. The number of aryl methyl sites for hydroxylation is 2. The molecule has 0 unspecified atom stereocenters. The van der Waals surface area contributed by atoms with E-state index in [0.717, 1.165) is 24.0 Å². The van der Waals surface area contributed by atoms with Gasteiger partial charge in [0.2, 0.25) is 0 Å². The van der Waals surface area contributed by atoms with Crippen molar-refractivity contribution in [1.29, 1.82) is 0 Å². The van der Waals surface area contributed by atoms with E-state index in [2.05, 4.69) is 15.5 Å². The average Bonchev–Trinajstić information content (AvgIpc) is 2.67. The summed E-state index contributed by atoms with van der Waals surface area (Å²) in [4.78, 5) is 29.2. The Morgan fingerprint density at radius 2 is 2.08 bits per heavy atom. The van der Waals surface area contributed by atoms with E-state index in [4.69, 9.17) is 0 Å². The molecule has 3 aromatic rings. The van der Waals surface area contributed by atoms with E-state index in [0.29, 0.717) is 17.4 Å². The molecule has 7 nitrogen and oxygen atoms in total. The predicted molar refractivity (Wildman–Crippen MR) is 97.5 cm³/mol. The van der Waals surface area contributed by atoms with Crippen LogP contribution in [0.4, 0.5) is 0 Å². The maximum Gasteiger partial charge on any atom is 0.280 e. The zero-order valence-corrected chi connectivity index (χ0v) is 13.8. The first kappa shape index (κ1) is 16.0. The van der Waals surface area contributed by atoms with E-state index < -0.39 is 11.5 Å². The van der Waals surface area contributed by atoms with Gasteiger partial charge < -0.3 is 9.67 Å². The molecule has 1 aliphatic heterocycles. The molecular formula is C19H16N4O3. The van der Waals surface area contributed by atoms with Crippen molar-refractivity contribution in [2.75, 3.05) is 0 Å². The quantitative estimate of drug-likeness (QED) is 0.557. The molecule has 1 aromatic carbocycles. The minimum Gasteiger partial charge on any atom is -0.506 e. The Hall–Kier alpha value is -3.48. The van der Waals surface area contributed by atoms with E-state index in [1.54, 1.807) is 35.2 Å². The minimum absolute atomic E-state index is 0.288. The Kier molecular flexibility index (Phi) is 3.96. The number of hydrogen-bond acceptors (Lipinski definition) is 5. The topological polar surface area (TPSA) is 96.6 Å². The van der Waals surface area contributed by atoms with Crippen LogP contribution in [-0.2, 0) is 13.0 Å². The van der Waals surface area contributed by atoms with Crippen molar-refractivity contribution in [3.8, 4) is 5.75 Å². The lowest BCUT2D eigenvalue weighted by Gasteiger charge is -2.21. The molecular weight excluding hydrogens is 332 g/mol. The fourth-order valence-corrected chi connectivity index (χ4v) is 3.29. The van der Waals surface area contributed by atoms with Crippen molar-refractivity contribution < 1.29 is 9.90 Å². The maximum atomic E-state index is 12.8. The number of hydrogen-bond donors (Lipinski definition) is 2. The number of aromatic hydroxyl groups is 1. The highest BCUT2D eigenvalue weighted by Gasteiger charge is 2.24. The monoisotopic (exact) mass is 348 g/mol. The van der Waals surface area contributed by atoms with Crippen LogP contribution in [0.15, 0.2) is 52.6 Å². The van der Waals surface area contributed by atoms with Gasteiger partial charge in [-0.3, -0.25) is 14.6 Å². The second kappa shape index (κ2) is 6.44. The molecule has 0 atom stereocenters. The zero-order chi connectivity index (χ0) is 18.1. The van der Waals surface area contributed by atoms with Crippen LogP contribution in [0.5, 0.6) is 5.75 Å². The molecule has 0 aliphatic carbocycles. The number of amides is 1. The van der Waals surface area contributed by atoms with Crippen molar-refractivity contribution in [3.05, 3.63) is 69.8 Å². The average molecular weight is 348 g/mol. The third kappa shape index (κ3) is 2.63. The largest absolute Gasteiger partial charge is 0.506 e. The molecule has 26 heavy (non-hydrogen) atoms. The van der Waals surface area contributed by atoms with Crippen molar-refractivity contribution >= 4 is 23.0 Å². The standard InChI is InChI=1S/C19H16N4O3/c24-17-14-5-1-3-13-4-2-10-23(16(13)14)19(26)15(17)18(25)22-21-11-12-6-8-20-9-7-12/h1,3,5-9,11,24H,2,4,10H2,(H,22,25)/b21-11-. The van der Waals surface area contributed by atoms with Crippen LogP contribution in [0.3, 0.4) is 0 Å². The van der Waals surface area contributed by atoms with E-state index >= 15 is 0 Å². The summed E-state index contributed by atoms with van der Waals surface area (Å²) in [5.41, 5.74) is 3.98. The summed E-state index contributed by atoms with van der Waals surface area (Å²) in [5, 5.41) is 14.9. The van der Waals surface area contributed by atoms with Gasteiger partial charge >= 0.3 is 0 Å². The zero-order valence-electron chi connectivity index (χ0n) is 13.8. The first-order valence-corrected chi connectivity index (χ1v) is 8.27. The lowest BCUT2D eigenvalue weighted by Crippen LogP contribution is -2.33. The van der Waals surface area contributed by atoms with Crippen LogP contribution in [0.2, 0.25) is 0 Å². The molecule has 0 radical (unpaired) electrons. The molecule has 1 amide bonds. The Bertz CT molecular complexity index is 1090. The SMILES string of the molecule is O=C(N/N=C\c1ccncc1)c1c(O)c2cccc3c2n(c1=O)CCC3. The Labute approximate surface area is 148 Å². The molecule has 7 heteroatoms. The summed E-state index contributed by atoms with van der Waals surface area (Å²) in [5.74, 6) is -1.04. The molecule has 0 saturated heterocycles. The number of hydrazone groups is 1. The van der Waals surface area contributed by atoms with Crippen LogP contribution in [0, 0.1) is 0 Å². The van der Waals surface area contributed by atoms with Gasteiger partial charge in [-0.1, -0.05) is 12.1 Å². The van der Waals surface area contributed by atoms with Crippen LogP contribution < -0.4 is 11.0 Å². The number of nitrogens with zero attached hydrogens (tertiary/aromatic N) is 3. The summed E-state index contributed by atoms with van der Waals surface area (Å²) in [6.45, 7) is 0.521. The fourth-order valence-electron chi connectivity index (χ4n) is 3.29. The molecule has 1 aliphatic rings. The summed E-state index contributed by atoms with van der Waals surface area (Å²) in [7, 11) is 0. The Balaban J connectivity index is 1.74. The lowest BCUT2D eigenvalue weighted by atomic mass is 9.99. The maximum absolute atomic E-state index is 12.8. The summed E-state index contributed by atoms with van der Waals surface area (Å²) < 4.78 is 1.56. The molecule has 2 N–H and O–H groups in total. The van der Waals surface area contributed by atoms with Gasteiger partial charge in [-0.2, -0.15) is 5.10 Å². The molecule has 130 valence electrons. The van der Waals surface area contributed by atoms with E-state index in [1.165, 1.54) is 6.21 Å². The summed E-state index contributed by atoms with van der Waals surface area (Å²) >= 11 is 0. The molecule has 0 spiro atoms. The molecule has 0 fully saturated rings. The molecule has 2 aromatic heterocycles. The highest BCUT2D eigenvalue weighted by atomic mass is 16.3. The second-order valence-electron chi connectivity index (χ2n) is 6.08. The third-order valence-corrected chi connectivity index (χ3v) is 4.48. The van der Waals surface area contributed by atoms with Crippen LogP contribution in [-0.4, -0.2) is 26.8 Å². The smallest absolute Gasteiger partial charge is 0.280 e. The van der Waals surface area contributed by atoms with Gasteiger partial charge in [-0.25, -0.2) is 5.43 Å². The van der Waals surface area contributed by atoms with Crippen molar-refractivity contribution in [2.24, 2.45) is 5.10 Å². The number of carbonyl (C=O) groups is 1. The number of carbonyl (C=O) groups excluding carboxylic acids is 1. The highest BCUT2D eigenvalue weighted by molar-refractivity contribution is 6.03. The number of pyridine rings is 2. The molecule has 0 saturated carbocycles. The van der Waals surface area contributed by atoms with Gasteiger partial charge in [0, 0.05) is 24.3 Å². The van der Waals surface area contributed by atoms with Crippen molar-refractivity contribution in [1.82, 2.24) is 15.0 Å². The second-order valence-corrected chi connectivity index (χ2v) is 6.08. The third-order valence-electron chi connectivity index (χ3n) is 4.48. The van der Waals surface area contributed by atoms with Crippen molar-refractivity contribution in [2.45, 2.75) is 19.4 Å². The molecule has 4 rings (SSSR count). The van der Waals surface area contributed by atoms with Gasteiger partial charge in [0.25, 0.3) is 11.5 Å². The fraction of sp³-hybridized carbons (Fsp3) is 0.158. The van der Waals surface area contributed by atoms with Gasteiger partial charge in [0.1, 0.15) is 11.3 Å². The number of para-hydroxylation sites is 1. The predicted octanol–water partition coefficient (Wildman–Crippen LogP) is 1.81. The van der Waals surface area contributed by atoms with E-state index in [-0.39, 0.29) is 11.3 Å². The van der Waals surface area contributed by atoms with E-state index in [9.17, 15) is 14.7 Å². The molecule has 3 heterocycles. The summed E-state index contributed by atoms with van der Waals surface area (Å²) in [6, 6.07) is 8.93. The number of benzene rings is 1. The number of aromatic nitrogens is 2. The van der Waals surface area contributed by atoms with Gasteiger partial charge in [0.15, 0.2) is 0 Å². The van der Waals surface area contributed by atoms with E-state index in [1.807, 2.05) is 12.1 Å². The minimum atomic E-state index is -0.737. The lowest BCUT2D eigenvalue weighted by molar-refractivity contribution is 0.0950. The van der Waals surface area contributed by atoms with Gasteiger partial charge in [0.05, 0.1) is 11.7 Å². The van der Waals surface area contributed by atoms with Gasteiger partial charge in [-0.05, 0) is 42.2 Å². The van der Waals surface area contributed by atoms with Crippen molar-refractivity contribution in [3.63, 3.8) is 0 Å². The first-order valence-electron chi connectivity index (χ1n) is 8.27. The normalized spacial score (nSPS) is 13.2. The number of rotatable bonds is 3.